The Kier molecular flexibility index (Phi) is 6.47. The largest absolute Gasteiger partial charge is 0.373 e. The van der Waals surface area contributed by atoms with Gasteiger partial charge in [-0.2, -0.15) is 0 Å². The van der Waals surface area contributed by atoms with Gasteiger partial charge in [0, 0.05) is 25.6 Å². The van der Waals surface area contributed by atoms with Crippen molar-refractivity contribution in [2.45, 2.75) is 58.9 Å². The van der Waals surface area contributed by atoms with Crippen molar-refractivity contribution in [3.8, 4) is 0 Å². The summed E-state index contributed by atoms with van der Waals surface area (Å²) in [6, 6.07) is 2.43. The van der Waals surface area contributed by atoms with E-state index in [-0.39, 0.29) is 0 Å². The van der Waals surface area contributed by atoms with Crippen LogP contribution in [0.25, 0.3) is 0 Å². The van der Waals surface area contributed by atoms with Crippen LogP contribution in [0.3, 0.4) is 0 Å². The first-order chi connectivity index (χ1) is 8.69. The lowest BCUT2D eigenvalue weighted by molar-refractivity contribution is 0.613. The number of hydrogen-bond acceptors (Lipinski definition) is 4. The van der Waals surface area contributed by atoms with Gasteiger partial charge in [0.15, 0.2) is 0 Å². The van der Waals surface area contributed by atoms with Crippen molar-refractivity contribution >= 4 is 11.6 Å². The molecule has 0 saturated heterocycles. The molecule has 0 aliphatic rings. The van der Waals surface area contributed by atoms with E-state index >= 15 is 0 Å². The fourth-order valence-corrected chi connectivity index (χ4v) is 1.88. The van der Waals surface area contributed by atoms with Gasteiger partial charge in [0.25, 0.3) is 0 Å². The molecule has 2 N–H and O–H groups in total. The summed E-state index contributed by atoms with van der Waals surface area (Å²) in [6.45, 7) is 6.51. The van der Waals surface area contributed by atoms with Gasteiger partial charge in [-0.25, -0.2) is 9.97 Å². The van der Waals surface area contributed by atoms with E-state index in [2.05, 4.69) is 41.4 Å². The standard InChI is InChI=1S/C14H26N4/c1-5-7-8-9-11(3)16-14-10-13(15-4)17-12(6-2)18-14/h10-11H,5-9H2,1-4H3,(H2,15,16,17,18). The summed E-state index contributed by atoms with van der Waals surface area (Å²) in [5, 5.41) is 6.54. The zero-order valence-corrected chi connectivity index (χ0v) is 12.1. The minimum atomic E-state index is 0.459. The number of hydrogen-bond donors (Lipinski definition) is 2. The number of anilines is 2. The van der Waals surface area contributed by atoms with Crippen LogP contribution in [-0.4, -0.2) is 23.1 Å². The summed E-state index contributed by atoms with van der Waals surface area (Å²) >= 11 is 0. The minimum absolute atomic E-state index is 0.459. The van der Waals surface area contributed by atoms with Gasteiger partial charge in [-0.1, -0.05) is 33.1 Å². The molecule has 102 valence electrons. The molecule has 4 heteroatoms. The molecule has 1 aromatic heterocycles. The van der Waals surface area contributed by atoms with Gasteiger partial charge in [0.2, 0.25) is 0 Å². The average Bonchev–Trinajstić information content (AvgIpc) is 2.38. The molecule has 0 aliphatic carbocycles. The van der Waals surface area contributed by atoms with Gasteiger partial charge in [-0.05, 0) is 13.3 Å². The number of aromatic nitrogens is 2. The number of nitrogens with one attached hydrogen (secondary N) is 2. The van der Waals surface area contributed by atoms with Crippen molar-refractivity contribution < 1.29 is 0 Å². The molecule has 0 fully saturated rings. The minimum Gasteiger partial charge on any atom is -0.373 e. The normalized spacial score (nSPS) is 12.2. The number of nitrogens with zero attached hydrogens (tertiary/aromatic N) is 2. The Bertz CT molecular complexity index is 329. The number of unbranched alkanes of at least 4 members (excludes halogenated alkanes) is 2. The van der Waals surface area contributed by atoms with E-state index in [0.717, 1.165) is 23.9 Å². The molecular formula is C14H26N4. The van der Waals surface area contributed by atoms with Crippen molar-refractivity contribution in [3.63, 3.8) is 0 Å². The molecule has 0 bridgehead atoms. The molecule has 0 amide bonds. The van der Waals surface area contributed by atoms with Crippen molar-refractivity contribution in [3.05, 3.63) is 11.9 Å². The quantitative estimate of drug-likeness (QED) is 0.694. The van der Waals surface area contributed by atoms with Crippen molar-refractivity contribution in [2.75, 3.05) is 17.7 Å². The van der Waals surface area contributed by atoms with Crippen LogP contribution in [0.1, 0.15) is 52.3 Å². The third-order valence-corrected chi connectivity index (χ3v) is 2.98. The third kappa shape index (κ3) is 4.90. The Balaban J connectivity index is 2.59. The smallest absolute Gasteiger partial charge is 0.132 e. The summed E-state index contributed by atoms with van der Waals surface area (Å²) in [6.07, 6.45) is 5.89. The first kappa shape index (κ1) is 14.7. The highest BCUT2D eigenvalue weighted by Gasteiger charge is 2.06. The molecule has 0 saturated carbocycles. The lowest BCUT2D eigenvalue weighted by Gasteiger charge is -2.15. The second-order valence-corrected chi connectivity index (χ2v) is 4.70. The third-order valence-electron chi connectivity index (χ3n) is 2.98. The van der Waals surface area contributed by atoms with Crippen LogP contribution in [0.2, 0.25) is 0 Å². The fourth-order valence-electron chi connectivity index (χ4n) is 1.88. The molecule has 1 aromatic rings. The molecule has 0 aliphatic heterocycles. The molecule has 0 spiro atoms. The maximum absolute atomic E-state index is 4.51. The average molecular weight is 250 g/mol. The van der Waals surface area contributed by atoms with E-state index < -0.39 is 0 Å². The van der Waals surface area contributed by atoms with Crippen molar-refractivity contribution in [1.82, 2.24) is 9.97 Å². The summed E-state index contributed by atoms with van der Waals surface area (Å²) in [4.78, 5) is 8.90. The van der Waals surface area contributed by atoms with Crippen LogP contribution in [0, 0.1) is 0 Å². The van der Waals surface area contributed by atoms with E-state index in [9.17, 15) is 0 Å². The Morgan fingerprint density at radius 3 is 2.50 bits per heavy atom. The van der Waals surface area contributed by atoms with Crippen LogP contribution in [-0.2, 0) is 6.42 Å². The molecule has 0 radical (unpaired) electrons. The number of rotatable bonds is 8. The molecule has 1 heterocycles. The second kappa shape index (κ2) is 7.90. The first-order valence-corrected chi connectivity index (χ1v) is 7.01. The molecule has 4 nitrogen and oxygen atoms in total. The summed E-state index contributed by atoms with van der Waals surface area (Å²) in [5.41, 5.74) is 0. The highest BCUT2D eigenvalue weighted by atomic mass is 15.1. The van der Waals surface area contributed by atoms with E-state index in [1.807, 2.05) is 13.1 Å². The van der Waals surface area contributed by atoms with Crippen LogP contribution >= 0.6 is 0 Å². The van der Waals surface area contributed by atoms with Gasteiger partial charge in [0.05, 0.1) is 0 Å². The van der Waals surface area contributed by atoms with E-state index in [4.69, 9.17) is 0 Å². The van der Waals surface area contributed by atoms with E-state index in [1.54, 1.807) is 0 Å². The Hall–Kier alpha value is -1.32. The first-order valence-electron chi connectivity index (χ1n) is 7.01. The van der Waals surface area contributed by atoms with Crippen LogP contribution in [0.5, 0.6) is 0 Å². The molecular weight excluding hydrogens is 224 g/mol. The zero-order chi connectivity index (χ0) is 13.4. The molecule has 1 rings (SSSR count). The van der Waals surface area contributed by atoms with Crippen LogP contribution in [0.15, 0.2) is 6.07 Å². The predicted molar refractivity (Wildman–Crippen MR) is 78.2 cm³/mol. The summed E-state index contributed by atoms with van der Waals surface area (Å²) in [7, 11) is 1.89. The van der Waals surface area contributed by atoms with Gasteiger partial charge in [-0.3, -0.25) is 0 Å². The lowest BCUT2D eigenvalue weighted by atomic mass is 10.1. The highest BCUT2D eigenvalue weighted by molar-refractivity contribution is 5.47. The van der Waals surface area contributed by atoms with E-state index in [1.165, 1.54) is 25.7 Å². The molecule has 18 heavy (non-hydrogen) atoms. The fraction of sp³-hybridized carbons (Fsp3) is 0.714. The van der Waals surface area contributed by atoms with Crippen LogP contribution < -0.4 is 10.6 Å². The van der Waals surface area contributed by atoms with Gasteiger partial charge < -0.3 is 10.6 Å². The Morgan fingerprint density at radius 2 is 1.89 bits per heavy atom. The SMILES string of the molecule is CCCCCC(C)Nc1cc(NC)nc(CC)n1. The van der Waals surface area contributed by atoms with Crippen molar-refractivity contribution in [1.29, 1.82) is 0 Å². The van der Waals surface area contributed by atoms with Gasteiger partial charge in [-0.15, -0.1) is 0 Å². The summed E-state index contributed by atoms with van der Waals surface area (Å²) < 4.78 is 0. The monoisotopic (exact) mass is 250 g/mol. The summed E-state index contributed by atoms with van der Waals surface area (Å²) in [5.74, 6) is 2.69. The highest BCUT2D eigenvalue weighted by Crippen LogP contribution is 2.14. The maximum Gasteiger partial charge on any atom is 0.132 e. The Morgan fingerprint density at radius 1 is 1.17 bits per heavy atom. The maximum atomic E-state index is 4.51. The van der Waals surface area contributed by atoms with E-state index in [0.29, 0.717) is 6.04 Å². The zero-order valence-electron chi connectivity index (χ0n) is 12.1. The molecule has 1 atom stereocenters. The number of aryl methyl sites for hydroxylation is 1. The lowest BCUT2D eigenvalue weighted by Crippen LogP contribution is -2.17. The van der Waals surface area contributed by atoms with Gasteiger partial charge in [0.1, 0.15) is 17.5 Å². The Labute approximate surface area is 111 Å². The second-order valence-electron chi connectivity index (χ2n) is 4.70. The topological polar surface area (TPSA) is 49.8 Å². The molecule has 0 aromatic carbocycles. The van der Waals surface area contributed by atoms with Crippen molar-refractivity contribution in [2.24, 2.45) is 0 Å². The molecule has 1 unspecified atom stereocenters. The van der Waals surface area contributed by atoms with Gasteiger partial charge >= 0.3 is 0 Å². The van der Waals surface area contributed by atoms with Crippen LogP contribution in [0.4, 0.5) is 11.6 Å². The predicted octanol–water partition coefficient (Wildman–Crippen LogP) is 3.46.